The highest BCUT2D eigenvalue weighted by Gasteiger charge is 2.39. The molecule has 1 aromatic heterocycles. The van der Waals surface area contributed by atoms with Crippen molar-refractivity contribution in [2.75, 3.05) is 12.3 Å². The average molecular weight is 374 g/mol. The van der Waals surface area contributed by atoms with E-state index in [2.05, 4.69) is 23.3 Å². The SMILES string of the molecule is C[C@H]1C[C@@H](c2ccncc2N)C[C@@H](NC(=O)OC(C)(C)C)[C@H]1OCCC#N. The zero-order valence-corrected chi connectivity index (χ0v) is 16.6. The summed E-state index contributed by atoms with van der Waals surface area (Å²) >= 11 is 0. The van der Waals surface area contributed by atoms with Gasteiger partial charge in [-0.05, 0) is 57.1 Å². The fraction of sp³-hybridized carbons (Fsp3) is 0.650. The number of ether oxygens (including phenoxy) is 2. The van der Waals surface area contributed by atoms with E-state index < -0.39 is 11.7 Å². The van der Waals surface area contributed by atoms with Crippen LogP contribution in [0, 0.1) is 17.2 Å². The van der Waals surface area contributed by atoms with Gasteiger partial charge in [0.2, 0.25) is 0 Å². The van der Waals surface area contributed by atoms with Gasteiger partial charge >= 0.3 is 6.09 Å². The van der Waals surface area contributed by atoms with Crippen LogP contribution >= 0.6 is 0 Å². The Hall–Kier alpha value is -2.33. The maximum atomic E-state index is 12.3. The number of hydrogen-bond donors (Lipinski definition) is 2. The normalized spacial score (nSPS) is 25.4. The van der Waals surface area contributed by atoms with E-state index in [9.17, 15) is 4.79 Å². The number of alkyl carbamates (subject to hydrolysis) is 1. The molecule has 1 aromatic rings. The number of nitrogen functional groups attached to an aromatic ring is 1. The van der Waals surface area contributed by atoms with Crippen LogP contribution in [0.1, 0.15) is 58.4 Å². The fourth-order valence-corrected chi connectivity index (χ4v) is 3.68. The summed E-state index contributed by atoms with van der Waals surface area (Å²) < 4.78 is 11.4. The monoisotopic (exact) mass is 374 g/mol. The second kappa shape index (κ2) is 9.05. The molecule has 7 heteroatoms. The van der Waals surface area contributed by atoms with Crippen molar-refractivity contribution in [3.63, 3.8) is 0 Å². The molecule has 0 aromatic carbocycles. The van der Waals surface area contributed by atoms with E-state index in [0.717, 1.165) is 12.0 Å². The number of carbonyl (C=O) groups excluding carboxylic acids is 1. The molecule has 2 rings (SSSR count). The summed E-state index contributed by atoms with van der Waals surface area (Å²) in [6, 6.07) is 3.81. The molecule has 0 unspecified atom stereocenters. The van der Waals surface area contributed by atoms with Crippen LogP contribution in [0.4, 0.5) is 10.5 Å². The molecule has 0 spiro atoms. The number of rotatable bonds is 5. The highest BCUT2D eigenvalue weighted by atomic mass is 16.6. The summed E-state index contributed by atoms with van der Waals surface area (Å²) in [6.45, 7) is 7.94. The number of carbonyl (C=O) groups is 1. The van der Waals surface area contributed by atoms with E-state index in [1.54, 1.807) is 12.4 Å². The molecule has 3 N–H and O–H groups in total. The molecule has 27 heavy (non-hydrogen) atoms. The van der Waals surface area contributed by atoms with Crippen LogP contribution in [0.2, 0.25) is 0 Å². The second-order valence-corrected chi connectivity index (χ2v) is 8.15. The first-order valence-corrected chi connectivity index (χ1v) is 9.38. The molecule has 0 bridgehead atoms. The van der Waals surface area contributed by atoms with Crippen molar-refractivity contribution < 1.29 is 14.3 Å². The van der Waals surface area contributed by atoms with Gasteiger partial charge in [0.25, 0.3) is 0 Å². The van der Waals surface area contributed by atoms with Gasteiger partial charge in [-0.2, -0.15) is 5.26 Å². The Labute approximate surface area is 161 Å². The number of amides is 1. The zero-order chi connectivity index (χ0) is 20.0. The van der Waals surface area contributed by atoms with Crippen molar-refractivity contribution in [3.05, 3.63) is 24.0 Å². The first kappa shape index (κ1) is 21.0. The smallest absolute Gasteiger partial charge is 0.407 e. The molecule has 4 atom stereocenters. The average Bonchev–Trinajstić information content (AvgIpc) is 2.55. The number of nitrogens with one attached hydrogen (secondary N) is 1. The van der Waals surface area contributed by atoms with Gasteiger partial charge < -0.3 is 20.5 Å². The number of nitrogens with two attached hydrogens (primary N) is 1. The number of nitriles is 1. The van der Waals surface area contributed by atoms with Crippen LogP contribution in [-0.2, 0) is 9.47 Å². The molecular formula is C20H30N4O3. The summed E-state index contributed by atoms with van der Waals surface area (Å²) in [6.07, 6.45) is 4.66. The predicted molar refractivity (Wildman–Crippen MR) is 103 cm³/mol. The minimum atomic E-state index is -0.573. The molecule has 7 nitrogen and oxygen atoms in total. The maximum Gasteiger partial charge on any atom is 0.407 e. The van der Waals surface area contributed by atoms with Crippen molar-refractivity contribution in [1.82, 2.24) is 10.3 Å². The third-order valence-electron chi connectivity index (χ3n) is 4.71. The van der Waals surface area contributed by atoms with Crippen molar-refractivity contribution >= 4 is 11.8 Å². The van der Waals surface area contributed by atoms with E-state index in [4.69, 9.17) is 20.5 Å². The lowest BCUT2D eigenvalue weighted by Crippen LogP contribution is -2.52. The van der Waals surface area contributed by atoms with Gasteiger partial charge in [0.15, 0.2) is 0 Å². The van der Waals surface area contributed by atoms with E-state index in [1.807, 2.05) is 26.8 Å². The number of anilines is 1. The summed E-state index contributed by atoms with van der Waals surface area (Å²) in [5.41, 5.74) is 7.25. The molecule has 1 aliphatic rings. The molecule has 1 heterocycles. The van der Waals surface area contributed by atoms with Crippen molar-refractivity contribution in [2.45, 2.75) is 70.6 Å². The third-order valence-corrected chi connectivity index (χ3v) is 4.71. The molecule has 1 saturated carbocycles. The first-order chi connectivity index (χ1) is 12.7. The Bertz CT molecular complexity index is 681. The van der Waals surface area contributed by atoms with Gasteiger partial charge in [0.05, 0.1) is 43.1 Å². The predicted octanol–water partition coefficient (Wildman–Crippen LogP) is 3.37. The van der Waals surface area contributed by atoms with Gasteiger partial charge in [-0.15, -0.1) is 0 Å². The van der Waals surface area contributed by atoms with Gasteiger partial charge in [-0.25, -0.2) is 4.79 Å². The minimum Gasteiger partial charge on any atom is -0.444 e. The summed E-state index contributed by atoms with van der Waals surface area (Å²) in [4.78, 5) is 16.4. The Morgan fingerprint density at radius 3 is 2.81 bits per heavy atom. The molecule has 1 fully saturated rings. The third kappa shape index (κ3) is 6.10. The topological polar surface area (TPSA) is 110 Å². The molecule has 1 aliphatic carbocycles. The Morgan fingerprint density at radius 1 is 1.44 bits per heavy atom. The molecule has 0 saturated heterocycles. The second-order valence-electron chi connectivity index (χ2n) is 8.15. The number of nitrogens with zero attached hydrogens (tertiary/aromatic N) is 2. The van der Waals surface area contributed by atoms with E-state index in [0.29, 0.717) is 25.1 Å². The lowest BCUT2D eigenvalue weighted by Gasteiger charge is -2.41. The lowest BCUT2D eigenvalue weighted by molar-refractivity contribution is -0.0326. The molecule has 0 radical (unpaired) electrons. The van der Waals surface area contributed by atoms with Crippen molar-refractivity contribution in [3.8, 4) is 6.07 Å². The zero-order valence-electron chi connectivity index (χ0n) is 16.6. The van der Waals surface area contributed by atoms with Crippen LogP contribution in [-0.4, -0.2) is 35.4 Å². The Kier molecular flexibility index (Phi) is 7.03. The van der Waals surface area contributed by atoms with Crippen LogP contribution in [0.5, 0.6) is 0 Å². The standard InChI is InChI=1S/C20H30N4O3/c1-13-10-14(15-6-8-23-12-16(15)22)11-17(18(13)26-9-5-7-21)24-19(25)27-20(2,3)4/h6,8,12-14,17-18H,5,9-11,22H2,1-4H3,(H,24,25)/t13-,14+,17+,18-/m0/s1. The van der Waals surface area contributed by atoms with Gasteiger partial charge in [-0.1, -0.05) is 6.92 Å². The first-order valence-electron chi connectivity index (χ1n) is 9.38. The van der Waals surface area contributed by atoms with Crippen LogP contribution in [0.25, 0.3) is 0 Å². The minimum absolute atomic E-state index is 0.176. The van der Waals surface area contributed by atoms with Crippen LogP contribution in [0.3, 0.4) is 0 Å². The van der Waals surface area contributed by atoms with Gasteiger partial charge in [-0.3, -0.25) is 4.98 Å². The molecule has 148 valence electrons. The highest BCUT2D eigenvalue weighted by molar-refractivity contribution is 5.68. The lowest BCUT2D eigenvalue weighted by atomic mass is 9.74. The molecular weight excluding hydrogens is 344 g/mol. The van der Waals surface area contributed by atoms with Crippen molar-refractivity contribution in [1.29, 1.82) is 5.26 Å². The highest BCUT2D eigenvalue weighted by Crippen LogP contribution is 2.39. The fourth-order valence-electron chi connectivity index (χ4n) is 3.68. The number of pyridine rings is 1. The largest absolute Gasteiger partial charge is 0.444 e. The number of aromatic nitrogens is 1. The Morgan fingerprint density at radius 2 is 2.19 bits per heavy atom. The van der Waals surface area contributed by atoms with Crippen LogP contribution in [0.15, 0.2) is 18.5 Å². The van der Waals surface area contributed by atoms with E-state index >= 15 is 0 Å². The quantitative estimate of drug-likeness (QED) is 0.765. The van der Waals surface area contributed by atoms with E-state index in [-0.39, 0.29) is 24.0 Å². The van der Waals surface area contributed by atoms with Crippen LogP contribution < -0.4 is 11.1 Å². The summed E-state index contributed by atoms with van der Waals surface area (Å²) in [5, 5.41) is 11.8. The van der Waals surface area contributed by atoms with Gasteiger partial charge in [0.1, 0.15) is 5.60 Å². The van der Waals surface area contributed by atoms with E-state index in [1.165, 1.54) is 0 Å². The summed E-state index contributed by atoms with van der Waals surface area (Å²) in [7, 11) is 0. The summed E-state index contributed by atoms with van der Waals surface area (Å²) in [5.74, 6) is 0.383. The van der Waals surface area contributed by atoms with Gasteiger partial charge in [0, 0.05) is 6.20 Å². The maximum absolute atomic E-state index is 12.3. The molecule has 0 aliphatic heterocycles. The molecule has 1 amide bonds. The number of hydrogen-bond acceptors (Lipinski definition) is 6. The Balaban J connectivity index is 2.17. The van der Waals surface area contributed by atoms with Crippen molar-refractivity contribution in [2.24, 2.45) is 5.92 Å².